The number of methoxy groups -OCH3 is 2. The molecule has 0 aliphatic carbocycles. The minimum Gasteiger partial charge on any atom is -0.493 e. The van der Waals surface area contributed by atoms with E-state index in [1.165, 1.54) is 0 Å². The summed E-state index contributed by atoms with van der Waals surface area (Å²) in [6, 6.07) is 11.5. The molecule has 2 aromatic carbocycles. The van der Waals surface area contributed by atoms with Crippen LogP contribution < -0.4 is 14.8 Å². The van der Waals surface area contributed by atoms with E-state index in [9.17, 15) is 9.90 Å². The number of nitrogens with zero attached hydrogens (tertiary/aromatic N) is 2. The summed E-state index contributed by atoms with van der Waals surface area (Å²) >= 11 is 0. The number of aromatic amines is 1. The number of fused-ring (bicyclic) bond motifs is 4. The first kappa shape index (κ1) is 22.0. The minimum absolute atomic E-state index is 0.169. The number of hydrogen-bond acceptors (Lipinski definition) is 5. The minimum atomic E-state index is -0.429. The van der Waals surface area contributed by atoms with Crippen molar-refractivity contribution in [3.8, 4) is 22.9 Å². The Kier molecular flexibility index (Phi) is 5.75. The van der Waals surface area contributed by atoms with Crippen molar-refractivity contribution in [2.45, 2.75) is 32.4 Å². The highest BCUT2D eigenvalue weighted by Gasteiger charge is 2.27. The molecule has 176 valence electrons. The Morgan fingerprint density at radius 3 is 2.76 bits per heavy atom. The largest absolute Gasteiger partial charge is 0.493 e. The van der Waals surface area contributed by atoms with Crippen LogP contribution >= 0.6 is 0 Å². The Labute approximate surface area is 197 Å². The van der Waals surface area contributed by atoms with Crippen molar-refractivity contribution in [2.75, 3.05) is 20.8 Å². The quantitative estimate of drug-likeness (QED) is 0.393. The summed E-state index contributed by atoms with van der Waals surface area (Å²) in [5.74, 6) is 1.75. The number of aliphatic hydroxyl groups is 1. The maximum atomic E-state index is 13.2. The van der Waals surface area contributed by atoms with Gasteiger partial charge in [0.2, 0.25) is 0 Å². The summed E-state index contributed by atoms with van der Waals surface area (Å²) in [5, 5.41) is 14.1. The van der Waals surface area contributed by atoms with Crippen molar-refractivity contribution in [3.63, 3.8) is 0 Å². The van der Waals surface area contributed by atoms with E-state index in [2.05, 4.69) is 14.9 Å². The third-order valence-electron chi connectivity index (χ3n) is 6.59. The Morgan fingerprint density at radius 1 is 1.24 bits per heavy atom. The molecule has 3 heterocycles. The van der Waals surface area contributed by atoms with Crippen molar-refractivity contribution < 1.29 is 19.4 Å². The van der Waals surface area contributed by atoms with Crippen LogP contribution in [0.5, 0.6) is 11.5 Å². The van der Waals surface area contributed by atoms with E-state index in [0.717, 1.165) is 52.1 Å². The monoisotopic (exact) mass is 460 g/mol. The van der Waals surface area contributed by atoms with Crippen molar-refractivity contribution in [1.29, 1.82) is 0 Å². The number of benzene rings is 2. The number of aliphatic hydroxyl groups excluding tert-OH is 1. The Balaban J connectivity index is 1.42. The van der Waals surface area contributed by atoms with Gasteiger partial charge in [-0.25, -0.2) is 4.98 Å². The molecule has 1 aliphatic rings. The average Bonchev–Trinajstić information content (AvgIpc) is 3.43. The van der Waals surface area contributed by atoms with Crippen LogP contribution in [0, 0.1) is 6.92 Å². The van der Waals surface area contributed by atoms with Crippen LogP contribution in [-0.4, -0.2) is 52.4 Å². The molecular weight excluding hydrogens is 432 g/mol. The van der Waals surface area contributed by atoms with E-state index in [-0.39, 0.29) is 12.5 Å². The first-order chi connectivity index (χ1) is 16.5. The second-order valence-corrected chi connectivity index (χ2v) is 8.55. The van der Waals surface area contributed by atoms with E-state index in [0.29, 0.717) is 23.6 Å². The molecule has 1 atom stereocenters. The highest BCUT2D eigenvalue weighted by atomic mass is 16.5. The van der Waals surface area contributed by atoms with Crippen LogP contribution in [0.3, 0.4) is 0 Å². The number of rotatable bonds is 7. The fourth-order valence-corrected chi connectivity index (χ4v) is 4.78. The zero-order valence-corrected chi connectivity index (χ0v) is 19.5. The van der Waals surface area contributed by atoms with Gasteiger partial charge in [-0.3, -0.25) is 4.79 Å². The maximum Gasteiger partial charge on any atom is 0.272 e. The van der Waals surface area contributed by atoms with Crippen LogP contribution in [0.15, 0.2) is 42.6 Å². The molecule has 8 heteroatoms. The predicted molar refractivity (Wildman–Crippen MR) is 130 cm³/mol. The fraction of sp³-hybridized carbons (Fsp3) is 0.308. The number of imidazole rings is 1. The lowest BCUT2D eigenvalue weighted by Gasteiger charge is -2.21. The highest BCUT2D eigenvalue weighted by Crippen LogP contribution is 2.38. The van der Waals surface area contributed by atoms with E-state index in [4.69, 9.17) is 14.5 Å². The zero-order chi connectivity index (χ0) is 23.8. The molecule has 1 amide bonds. The zero-order valence-electron chi connectivity index (χ0n) is 19.5. The Bertz CT molecular complexity index is 1370. The summed E-state index contributed by atoms with van der Waals surface area (Å²) in [7, 11) is 3.22. The van der Waals surface area contributed by atoms with Crippen LogP contribution in [0.2, 0.25) is 0 Å². The van der Waals surface area contributed by atoms with Gasteiger partial charge in [0.15, 0.2) is 11.5 Å². The van der Waals surface area contributed by atoms with Crippen molar-refractivity contribution in [2.24, 2.45) is 0 Å². The number of hydrogen-bond donors (Lipinski definition) is 3. The van der Waals surface area contributed by atoms with Crippen molar-refractivity contribution in [3.05, 3.63) is 65.1 Å². The lowest BCUT2D eigenvalue weighted by Crippen LogP contribution is -2.39. The molecule has 4 aromatic rings. The fourth-order valence-electron chi connectivity index (χ4n) is 4.78. The molecule has 2 aromatic heterocycles. The number of ether oxygens (including phenoxy) is 2. The van der Waals surface area contributed by atoms with E-state index < -0.39 is 6.04 Å². The smallest absolute Gasteiger partial charge is 0.272 e. The van der Waals surface area contributed by atoms with Gasteiger partial charge in [0.1, 0.15) is 11.5 Å². The average molecular weight is 461 g/mol. The molecule has 0 radical (unpaired) electrons. The molecule has 0 spiro atoms. The molecule has 0 unspecified atom stereocenters. The molecule has 0 saturated heterocycles. The van der Waals surface area contributed by atoms with Crippen LogP contribution in [-0.2, 0) is 19.4 Å². The molecular formula is C26H28N4O4. The van der Waals surface area contributed by atoms with Gasteiger partial charge >= 0.3 is 0 Å². The number of carbonyl (C=O) groups excluding carboxylic acids is 1. The summed E-state index contributed by atoms with van der Waals surface area (Å²) in [4.78, 5) is 21.2. The number of para-hydroxylation sites is 1. The summed E-state index contributed by atoms with van der Waals surface area (Å²) in [6.07, 6.45) is 3.25. The van der Waals surface area contributed by atoms with E-state index >= 15 is 0 Å². The van der Waals surface area contributed by atoms with Gasteiger partial charge in [0.25, 0.3) is 5.91 Å². The normalized spacial score (nSPS) is 13.3. The number of aromatic nitrogens is 3. The van der Waals surface area contributed by atoms with Crippen LogP contribution in [0.25, 0.3) is 22.3 Å². The number of nitrogens with one attached hydrogen (secondary N) is 2. The van der Waals surface area contributed by atoms with E-state index in [1.54, 1.807) is 14.2 Å². The standard InChI is InChI=1S/C26H28N4O4/c1-15-24(26(32)28-18(14-31)10-17-13-27-21-7-5-4-6-19(17)21)29-25-20-12-23(34-3)22(33-2)11-16(20)8-9-30(15)25/h4-7,11-13,18,27,31H,8-10,14H2,1-3H3,(H,28,32)/t18-/m1/s1. The van der Waals surface area contributed by atoms with Crippen molar-refractivity contribution in [1.82, 2.24) is 19.9 Å². The number of H-pyrrole nitrogens is 1. The third kappa shape index (κ3) is 3.70. The summed E-state index contributed by atoms with van der Waals surface area (Å²) in [6.45, 7) is 2.46. The van der Waals surface area contributed by atoms with Gasteiger partial charge in [-0.05, 0) is 49.1 Å². The van der Waals surface area contributed by atoms with Gasteiger partial charge in [0, 0.05) is 34.9 Å². The molecule has 0 fully saturated rings. The number of amides is 1. The molecule has 1 aliphatic heterocycles. The molecule has 0 saturated carbocycles. The lowest BCUT2D eigenvalue weighted by molar-refractivity contribution is 0.0911. The predicted octanol–water partition coefficient (Wildman–Crippen LogP) is 3.25. The first-order valence-corrected chi connectivity index (χ1v) is 11.3. The Morgan fingerprint density at radius 2 is 2.00 bits per heavy atom. The summed E-state index contributed by atoms with van der Waals surface area (Å²) in [5.41, 5.74) is 5.29. The van der Waals surface area contributed by atoms with Crippen LogP contribution in [0.1, 0.15) is 27.3 Å². The molecule has 3 N–H and O–H groups in total. The molecule has 34 heavy (non-hydrogen) atoms. The second-order valence-electron chi connectivity index (χ2n) is 8.55. The first-order valence-electron chi connectivity index (χ1n) is 11.3. The SMILES string of the molecule is COc1cc2c(cc1OC)-c1nc(C(=O)N[C@@H](CO)Cc3c[nH]c4ccccc34)c(C)n1CC2. The van der Waals surface area contributed by atoms with Crippen molar-refractivity contribution >= 4 is 16.8 Å². The highest BCUT2D eigenvalue weighted by molar-refractivity contribution is 5.94. The number of aryl methyl sites for hydroxylation is 1. The topological polar surface area (TPSA) is 101 Å². The van der Waals surface area contributed by atoms with Crippen LogP contribution in [0.4, 0.5) is 0 Å². The van der Waals surface area contributed by atoms with Gasteiger partial charge in [0.05, 0.1) is 26.9 Å². The molecule has 8 nitrogen and oxygen atoms in total. The van der Waals surface area contributed by atoms with Gasteiger partial charge in [-0.1, -0.05) is 18.2 Å². The third-order valence-corrected chi connectivity index (χ3v) is 6.59. The summed E-state index contributed by atoms with van der Waals surface area (Å²) < 4.78 is 13.0. The Hall–Kier alpha value is -3.78. The molecule has 5 rings (SSSR count). The van der Waals surface area contributed by atoms with Gasteiger partial charge in [-0.2, -0.15) is 0 Å². The second kappa shape index (κ2) is 8.87. The van der Waals surface area contributed by atoms with Gasteiger partial charge < -0.3 is 29.4 Å². The lowest BCUT2D eigenvalue weighted by atomic mass is 9.99. The van der Waals surface area contributed by atoms with E-state index in [1.807, 2.05) is 49.5 Å². The molecule has 0 bridgehead atoms. The maximum absolute atomic E-state index is 13.2. The van der Waals surface area contributed by atoms with Gasteiger partial charge in [-0.15, -0.1) is 0 Å². The number of carbonyl (C=O) groups is 1.